The van der Waals surface area contributed by atoms with Crippen LogP contribution in [0.15, 0.2) is 280 Å². The highest BCUT2D eigenvalue weighted by atomic mass is 16.5. The van der Waals surface area contributed by atoms with E-state index in [1.165, 1.54) is 32.9 Å². The van der Waals surface area contributed by atoms with Gasteiger partial charge < -0.3 is 28.9 Å². The van der Waals surface area contributed by atoms with E-state index in [4.69, 9.17) is 4.74 Å². The molecule has 4 aliphatic heterocycles. The van der Waals surface area contributed by atoms with E-state index < -0.39 is 0 Å². The number of rotatable bonds is 9. The molecule has 16 rings (SSSR count). The highest BCUT2D eigenvalue weighted by Gasteiger charge is 2.48. The number of fused-ring (bicyclic) bond motifs is 10. The molecule has 1 aromatic heterocycles. The first kappa shape index (κ1) is 46.6. The Bertz CT molecular complexity index is 4410. The highest BCUT2D eigenvalue weighted by molar-refractivity contribution is 7.04. The highest BCUT2D eigenvalue weighted by Crippen LogP contribution is 2.51. The number of nitrogens with zero attached hydrogens (tertiary/aromatic N) is 5. The third-order valence-electron chi connectivity index (χ3n) is 16.9. The first-order valence-electron chi connectivity index (χ1n) is 27.9. The van der Waals surface area contributed by atoms with Gasteiger partial charge in [-0.15, -0.1) is 0 Å². The summed E-state index contributed by atoms with van der Waals surface area (Å²) in [6.07, 6.45) is 4.44. The summed E-state index contributed by atoms with van der Waals surface area (Å²) >= 11 is 0. The molecule has 0 saturated carbocycles. The molecule has 0 N–H and O–H groups in total. The van der Waals surface area contributed by atoms with E-state index in [9.17, 15) is 0 Å². The van der Waals surface area contributed by atoms with Crippen molar-refractivity contribution in [3.05, 3.63) is 291 Å². The van der Waals surface area contributed by atoms with Crippen LogP contribution in [0.4, 0.5) is 68.2 Å². The Kier molecular flexibility index (Phi) is 10.7. The lowest BCUT2D eigenvalue weighted by Crippen LogP contribution is -2.62. The summed E-state index contributed by atoms with van der Waals surface area (Å²) < 4.78 is 9.75. The lowest BCUT2D eigenvalue weighted by Gasteiger charge is -2.45. The fourth-order valence-corrected chi connectivity index (χ4v) is 13.7. The Morgan fingerprint density at radius 1 is 0.395 bits per heavy atom. The van der Waals surface area contributed by atoms with Gasteiger partial charge in [-0.05, 0) is 149 Å². The van der Waals surface area contributed by atoms with Gasteiger partial charge in [0.25, 0.3) is 13.4 Å². The van der Waals surface area contributed by atoms with Gasteiger partial charge in [-0.3, -0.25) is 0 Å². The minimum atomic E-state index is -0.166. The fraction of sp³-hybridized carbons (Fsp3) is 0.0137. The minimum absolute atomic E-state index is 0.164. The molecule has 0 radical (unpaired) electrons. The summed E-state index contributed by atoms with van der Waals surface area (Å²) in [4.78, 5) is 9.80. The van der Waals surface area contributed by atoms with Crippen LogP contribution in [0.1, 0.15) is 18.2 Å². The third kappa shape index (κ3) is 7.10. The Morgan fingerprint density at radius 2 is 0.852 bits per heavy atom. The molecule has 380 valence electrons. The van der Waals surface area contributed by atoms with Gasteiger partial charge in [-0.2, -0.15) is 0 Å². The summed E-state index contributed by atoms with van der Waals surface area (Å²) in [6.45, 7) is 6.43. The van der Waals surface area contributed by atoms with Crippen LogP contribution in [0.2, 0.25) is 0 Å². The normalized spacial score (nSPS) is 13.6. The van der Waals surface area contributed by atoms with Crippen molar-refractivity contribution in [1.29, 1.82) is 0 Å². The Balaban J connectivity index is 1.03. The average molecular weight is 1040 g/mol. The van der Waals surface area contributed by atoms with Crippen LogP contribution < -0.4 is 51.7 Å². The lowest BCUT2D eigenvalue weighted by atomic mass is 9.30. The molecule has 0 aliphatic carbocycles. The molecule has 0 amide bonds. The maximum Gasteiger partial charge on any atom is 0.256 e. The number of hydrogen-bond donors (Lipinski definition) is 0. The summed E-state index contributed by atoms with van der Waals surface area (Å²) in [5, 5.41) is 1.17. The second-order valence-electron chi connectivity index (χ2n) is 21.2. The summed E-state index contributed by atoms with van der Waals surface area (Å²) in [5.41, 5.74) is 24.7. The van der Waals surface area contributed by atoms with E-state index in [0.29, 0.717) is 0 Å². The van der Waals surface area contributed by atoms with E-state index in [1.54, 1.807) is 0 Å². The second-order valence-corrected chi connectivity index (χ2v) is 21.2. The summed E-state index contributed by atoms with van der Waals surface area (Å²) in [6, 6.07) is 96.9. The number of allylic oxidation sites excluding steroid dienone is 1. The van der Waals surface area contributed by atoms with Crippen LogP contribution in [0.25, 0.3) is 28.1 Å². The maximum atomic E-state index is 7.22. The Labute approximate surface area is 472 Å². The molecule has 0 bridgehead atoms. The monoisotopic (exact) mass is 1040 g/mol. The number of para-hydroxylation sites is 8. The maximum absolute atomic E-state index is 7.22. The van der Waals surface area contributed by atoms with E-state index >= 15 is 0 Å². The van der Waals surface area contributed by atoms with Crippen molar-refractivity contribution in [2.24, 2.45) is 0 Å². The predicted molar refractivity (Wildman–Crippen MR) is 342 cm³/mol. The summed E-state index contributed by atoms with van der Waals surface area (Å²) in [5.74, 6) is 1.70. The topological polar surface area (TPSA) is 27.1 Å². The average Bonchev–Trinajstić information content (AvgIpc) is 3.30. The van der Waals surface area contributed by atoms with Gasteiger partial charge in [0.1, 0.15) is 11.5 Å². The summed E-state index contributed by atoms with van der Waals surface area (Å²) in [7, 11) is 0. The Morgan fingerprint density at radius 3 is 1.40 bits per heavy atom. The SMILES string of the molecule is C=Cc1c2n(c3ccccc13)-c1cc(N(c3ccccc3)c3ccccc3)cc3c1B(/C2=C/C)c1cc2c(cc1N3c1ccccc1)N(c1ccccc1)c1cc(N(c3ccccc3)c3ccccc3)cc3c1B2c1ccccc1O3. The molecule has 5 heterocycles. The number of hydrogen-bond acceptors (Lipinski definition) is 5. The first-order chi connectivity index (χ1) is 40.1. The lowest BCUT2D eigenvalue weighted by molar-refractivity contribution is 0.487. The zero-order chi connectivity index (χ0) is 53.7. The van der Waals surface area contributed by atoms with Crippen molar-refractivity contribution >= 4 is 131 Å². The van der Waals surface area contributed by atoms with Gasteiger partial charge in [-0.1, -0.05) is 170 Å². The van der Waals surface area contributed by atoms with Crippen LogP contribution >= 0.6 is 0 Å². The quantitative estimate of drug-likeness (QED) is 0.134. The van der Waals surface area contributed by atoms with Crippen molar-refractivity contribution in [3.8, 4) is 17.2 Å². The van der Waals surface area contributed by atoms with Crippen LogP contribution in [0.3, 0.4) is 0 Å². The minimum Gasteiger partial charge on any atom is -0.458 e. The standard InChI is InChI=1S/C73H51B2N5O/c1-3-57-58-39-23-25-41-63(58)80-67-44-55(76(49-27-11-5-12-28-49)50-29-13-6-14-30-50)43-66-71(67)74(59(4-2)73(57)80)61-47-62-65(48-64(61)78(66)53-35-19-9-20-36-53)79(54-37-21-10-22-38-54)68-45-56(46-70-72(68)75(62)60-40-24-26-42-69(60)81-70)77(51-31-15-7-16-32-51)52-33-17-8-18-34-52/h3-48H,1H2,2H3/b59-4+. The molecule has 0 saturated heterocycles. The zero-order valence-electron chi connectivity index (χ0n) is 44.6. The molecule has 0 fully saturated rings. The third-order valence-corrected chi connectivity index (χ3v) is 16.9. The molecule has 8 heteroatoms. The number of benzene rings is 11. The van der Waals surface area contributed by atoms with E-state index in [0.717, 1.165) is 107 Å². The van der Waals surface area contributed by atoms with Gasteiger partial charge in [-0.25, -0.2) is 0 Å². The smallest absolute Gasteiger partial charge is 0.256 e. The molecule has 81 heavy (non-hydrogen) atoms. The molecular weight excluding hydrogens is 984 g/mol. The fourth-order valence-electron chi connectivity index (χ4n) is 13.7. The van der Waals surface area contributed by atoms with E-state index in [2.05, 4.69) is 317 Å². The predicted octanol–water partition coefficient (Wildman–Crippen LogP) is 16.0. The second kappa shape index (κ2) is 18.6. The Hall–Kier alpha value is -10.4. The van der Waals surface area contributed by atoms with Gasteiger partial charge >= 0.3 is 0 Å². The van der Waals surface area contributed by atoms with Gasteiger partial charge in [0.2, 0.25) is 0 Å². The molecule has 12 aromatic rings. The number of aromatic nitrogens is 1. The molecule has 4 aliphatic rings. The van der Waals surface area contributed by atoms with Gasteiger partial charge in [0.05, 0.1) is 16.9 Å². The number of anilines is 12. The van der Waals surface area contributed by atoms with Crippen molar-refractivity contribution in [3.63, 3.8) is 0 Å². The molecule has 0 spiro atoms. The van der Waals surface area contributed by atoms with E-state index in [1.807, 2.05) is 0 Å². The van der Waals surface area contributed by atoms with Crippen LogP contribution in [0.5, 0.6) is 11.5 Å². The van der Waals surface area contributed by atoms with Crippen molar-refractivity contribution in [2.45, 2.75) is 6.92 Å². The molecule has 6 nitrogen and oxygen atoms in total. The van der Waals surface area contributed by atoms with E-state index in [-0.39, 0.29) is 13.4 Å². The van der Waals surface area contributed by atoms with Gasteiger partial charge in [0.15, 0.2) is 0 Å². The van der Waals surface area contributed by atoms with Gasteiger partial charge in [0, 0.05) is 85.3 Å². The molecule has 0 unspecified atom stereocenters. The first-order valence-corrected chi connectivity index (χ1v) is 27.9. The van der Waals surface area contributed by atoms with Crippen LogP contribution in [0, 0.1) is 0 Å². The van der Waals surface area contributed by atoms with Crippen molar-refractivity contribution < 1.29 is 4.74 Å². The van der Waals surface area contributed by atoms with Crippen LogP contribution in [-0.4, -0.2) is 18.0 Å². The molecule has 0 atom stereocenters. The molecule has 11 aromatic carbocycles. The largest absolute Gasteiger partial charge is 0.458 e. The van der Waals surface area contributed by atoms with Crippen molar-refractivity contribution in [1.82, 2.24) is 4.57 Å². The zero-order valence-corrected chi connectivity index (χ0v) is 44.6. The molecular formula is C73H51B2N5O. The van der Waals surface area contributed by atoms with Crippen LogP contribution in [-0.2, 0) is 0 Å². The number of ether oxygens (including phenoxy) is 1. The van der Waals surface area contributed by atoms with Crippen molar-refractivity contribution in [2.75, 3.05) is 19.6 Å².